The van der Waals surface area contributed by atoms with Gasteiger partial charge in [-0.05, 0) is 44.0 Å². The Kier molecular flexibility index (Phi) is 4.55. The van der Waals surface area contributed by atoms with E-state index in [1.54, 1.807) is 37.4 Å². The van der Waals surface area contributed by atoms with Gasteiger partial charge in [0.25, 0.3) is 0 Å². The fraction of sp³-hybridized carbons (Fsp3) is 0.500. The van der Waals surface area contributed by atoms with Crippen LogP contribution in [-0.2, 0) is 14.3 Å². The van der Waals surface area contributed by atoms with E-state index in [1.165, 1.54) is 4.90 Å². The highest BCUT2D eigenvalue weighted by Crippen LogP contribution is 2.67. The van der Waals surface area contributed by atoms with Crippen molar-refractivity contribution >= 4 is 28.4 Å². The molecular formula is C24H27N3O4. The highest BCUT2D eigenvalue weighted by atomic mass is 16.6. The molecule has 3 aliphatic heterocycles. The molecule has 1 aromatic carbocycles. The van der Waals surface area contributed by atoms with Crippen molar-refractivity contribution in [1.82, 2.24) is 4.98 Å². The second kappa shape index (κ2) is 6.59. The summed E-state index contributed by atoms with van der Waals surface area (Å²) in [4.78, 5) is 33.1. The lowest BCUT2D eigenvalue weighted by Gasteiger charge is -2.43. The summed E-state index contributed by atoms with van der Waals surface area (Å²) >= 11 is 0. The first-order chi connectivity index (χ1) is 14.2. The monoisotopic (exact) mass is 421 g/mol. The van der Waals surface area contributed by atoms with E-state index >= 15 is 0 Å². The van der Waals surface area contributed by atoms with Crippen LogP contribution in [-0.4, -0.2) is 39.2 Å². The largest absolute Gasteiger partial charge is 0.390 e. The molecule has 7 heteroatoms. The van der Waals surface area contributed by atoms with Gasteiger partial charge < -0.3 is 9.84 Å². The number of hydrogen-bond acceptors (Lipinski definition) is 6. The van der Waals surface area contributed by atoms with Crippen LogP contribution in [0.5, 0.6) is 0 Å². The molecule has 0 radical (unpaired) electrons. The number of aliphatic hydroxyl groups is 1. The van der Waals surface area contributed by atoms with Crippen molar-refractivity contribution in [2.75, 3.05) is 4.90 Å². The summed E-state index contributed by atoms with van der Waals surface area (Å²) < 4.78 is 6.34. The molecule has 4 heterocycles. The zero-order chi connectivity index (χ0) is 21.5. The van der Waals surface area contributed by atoms with Crippen molar-refractivity contribution < 1.29 is 19.4 Å². The van der Waals surface area contributed by atoms with E-state index in [2.05, 4.69) is 11.1 Å². The van der Waals surface area contributed by atoms with E-state index in [-0.39, 0.29) is 19.2 Å². The van der Waals surface area contributed by atoms with Crippen molar-refractivity contribution in [2.45, 2.75) is 64.8 Å². The van der Waals surface area contributed by atoms with Crippen molar-refractivity contribution in [3.63, 3.8) is 0 Å². The average Bonchev–Trinajstić information content (AvgIpc) is 3.25. The Morgan fingerprint density at radius 1 is 1.35 bits per heavy atom. The van der Waals surface area contributed by atoms with Gasteiger partial charge in [-0.2, -0.15) is 5.26 Å². The smallest absolute Gasteiger partial charge is 0.243 e. The minimum atomic E-state index is -1.02. The van der Waals surface area contributed by atoms with Gasteiger partial charge in [0.05, 0.1) is 45.4 Å². The summed E-state index contributed by atoms with van der Waals surface area (Å²) in [5.74, 6) is -1.15. The minimum absolute atomic E-state index is 0. The Hall–Kier alpha value is -2.82. The van der Waals surface area contributed by atoms with Crippen LogP contribution in [0.25, 0.3) is 10.9 Å². The molecule has 1 aromatic heterocycles. The molecule has 162 valence electrons. The lowest BCUT2D eigenvalue weighted by Crippen LogP contribution is -2.55. The number of nitrogens with zero attached hydrogens (tertiary/aromatic N) is 3. The first-order valence-corrected chi connectivity index (χ1v) is 10.3. The third-order valence-electron chi connectivity index (χ3n) is 7.69. The Morgan fingerprint density at radius 3 is 2.74 bits per heavy atom. The van der Waals surface area contributed by atoms with Gasteiger partial charge in [0, 0.05) is 18.0 Å². The van der Waals surface area contributed by atoms with Crippen LogP contribution >= 0.6 is 0 Å². The number of hydrogen-bond donors (Lipinski definition) is 1. The summed E-state index contributed by atoms with van der Waals surface area (Å²) in [6.45, 7) is 5.57. The van der Waals surface area contributed by atoms with Crippen molar-refractivity contribution in [2.24, 2.45) is 11.3 Å². The first-order valence-electron chi connectivity index (χ1n) is 10.3. The fourth-order valence-corrected chi connectivity index (χ4v) is 6.14. The molecule has 5 atom stereocenters. The number of rotatable bonds is 2. The number of imide groups is 1. The van der Waals surface area contributed by atoms with Gasteiger partial charge >= 0.3 is 0 Å². The highest BCUT2D eigenvalue weighted by molar-refractivity contribution is 6.26. The SMILES string of the molecule is C.CCC12CC(O)C(C)(C[C@@]13C(=O)N(c1ccc(C#N)c4ncccc14)C(=O)C3C)O2. The maximum Gasteiger partial charge on any atom is 0.243 e. The lowest BCUT2D eigenvalue weighted by atomic mass is 9.57. The van der Waals surface area contributed by atoms with E-state index in [1.807, 2.05) is 13.8 Å². The van der Waals surface area contributed by atoms with Crippen molar-refractivity contribution in [3.05, 3.63) is 36.0 Å². The predicted molar refractivity (Wildman–Crippen MR) is 115 cm³/mol. The third kappa shape index (κ3) is 2.32. The standard InChI is InChI=1S/C23H23N3O4.CH4/c1-4-22-10-17(27)21(3,30-22)12-23(22)13(2)19(28)26(20(23)29)16-8-7-14(11-24)18-15(16)6-5-9-25-18;/h5-9,13,17,27H,4,10,12H2,1-3H3;1H4/t13?,17?,21?,22?,23-;/m1./s1. The topological polar surface area (TPSA) is 104 Å². The zero-order valence-electron chi connectivity index (χ0n) is 17.2. The Morgan fingerprint density at radius 2 is 2.10 bits per heavy atom. The summed E-state index contributed by atoms with van der Waals surface area (Å²) in [7, 11) is 0. The maximum atomic E-state index is 14.0. The van der Waals surface area contributed by atoms with E-state index in [0.29, 0.717) is 41.4 Å². The quantitative estimate of drug-likeness (QED) is 0.746. The molecule has 5 rings (SSSR count). The molecule has 1 N–H and O–H groups in total. The van der Waals surface area contributed by atoms with Crippen LogP contribution in [0.3, 0.4) is 0 Å². The number of carbonyl (C=O) groups is 2. The third-order valence-corrected chi connectivity index (χ3v) is 7.69. The van der Waals surface area contributed by atoms with Crippen LogP contribution in [0.1, 0.15) is 53.0 Å². The number of pyridine rings is 1. The van der Waals surface area contributed by atoms with Crippen LogP contribution in [0, 0.1) is 22.7 Å². The molecule has 3 saturated heterocycles. The second-order valence-corrected chi connectivity index (χ2v) is 8.97. The maximum absolute atomic E-state index is 14.0. The minimum Gasteiger partial charge on any atom is -0.390 e. The second-order valence-electron chi connectivity index (χ2n) is 8.97. The van der Waals surface area contributed by atoms with Crippen molar-refractivity contribution in [1.29, 1.82) is 5.26 Å². The Balaban J connectivity index is 0.00000231. The van der Waals surface area contributed by atoms with Gasteiger partial charge in [-0.3, -0.25) is 14.6 Å². The van der Waals surface area contributed by atoms with E-state index in [9.17, 15) is 20.0 Å². The summed E-state index contributed by atoms with van der Waals surface area (Å²) in [6.07, 6.45) is 2.11. The number of nitriles is 1. The molecule has 7 nitrogen and oxygen atoms in total. The van der Waals surface area contributed by atoms with E-state index < -0.39 is 28.6 Å². The van der Waals surface area contributed by atoms with Crippen molar-refractivity contribution in [3.8, 4) is 6.07 Å². The predicted octanol–water partition coefficient (Wildman–Crippen LogP) is 3.33. The molecular weight excluding hydrogens is 394 g/mol. The van der Waals surface area contributed by atoms with Crippen LogP contribution in [0.15, 0.2) is 30.5 Å². The van der Waals surface area contributed by atoms with Crippen LogP contribution in [0.2, 0.25) is 0 Å². The normalized spacial score (nSPS) is 36.3. The molecule has 0 aliphatic carbocycles. The molecule has 3 fully saturated rings. The van der Waals surface area contributed by atoms with Crippen LogP contribution < -0.4 is 4.90 Å². The summed E-state index contributed by atoms with van der Waals surface area (Å²) in [6, 6.07) is 8.85. The van der Waals surface area contributed by atoms with Gasteiger partial charge in [0.1, 0.15) is 6.07 Å². The number of fused-ring (bicyclic) bond motifs is 4. The Bertz CT molecular complexity index is 1160. The number of ether oxygens (including phenoxy) is 1. The molecule has 2 amide bonds. The van der Waals surface area contributed by atoms with Gasteiger partial charge in [0.15, 0.2) is 0 Å². The molecule has 2 bridgehead atoms. The molecule has 31 heavy (non-hydrogen) atoms. The summed E-state index contributed by atoms with van der Waals surface area (Å²) in [5, 5.41) is 20.6. The summed E-state index contributed by atoms with van der Waals surface area (Å²) in [5.41, 5.74) is -1.44. The highest BCUT2D eigenvalue weighted by Gasteiger charge is 2.78. The average molecular weight is 421 g/mol. The molecule has 2 aromatic rings. The van der Waals surface area contributed by atoms with Gasteiger partial charge in [-0.15, -0.1) is 0 Å². The fourth-order valence-electron chi connectivity index (χ4n) is 6.14. The van der Waals surface area contributed by atoms with E-state index in [4.69, 9.17) is 4.74 Å². The van der Waals surface area contributed by atoms with Crippen LogP contribution in [0.4, 0.5) is 5.69 Å². The lowest BCUT2D eigenvalue weighted by molar-refractivity contribution is -0.142. The number of anilines is 1. The Labute approximate surface area is 181 Å². The molecule has 0 saturated carbocycles. The number of amides is 2. The van der Waals surface area contributed by atoms with Gasteiger partial charge in [-0.1, -0.05) is 21.3 Å². The zero-order valence-corrected chi connectivity index (χ0v) is 17.2. The van der Waals surface area contributed by atoms with E-state index in [0.717, 1.165) is 0 Å². The van der Waals surface area contributed by atoms with Gasteiger partial charge in [-0.25, -0.2) is 4.90 Å². The number of carbonyl (C=O) groups excluding carboxylic acids is 2. The molecule has 3 aliphatic rings. The first kappa shape index (κ1) is 21.4. The van der Waals surface area contributed by atoms with Gasteiger partial charge in [0.2, 0.25) is 11.8 Å². The molecule has 1 spiro atoms. The number of benzene rings is 1. The number of aliphatic hydroxyl groups excluding tert-OH is 1. The molecule has 4 unspecified atom stereocenters. The number of aromatic nitrogens is 1.